The van der Waals surface area contributed by atoms with Gasteiger partial charge in [0.15, 0.2) is 0 Å². The van der Waals surface area contributed by atoms with E-state index in [1.807, 2.05) is 20.8 Å². The Kier molecular flexibility index (Phi) is 6.93. The summed E-state index contributed by atoms with van der Waals surface area (Å²) in [4.78, 5) is 15.9. The van der Waals surface area contributed by atoms with Crippen molar-refractivity contribution in [2.45, 2.75) is 33.3 Å². The first kappa shape index (κ1) is 16.4. The van der Waals surface area contributed by atoms with Crippen LogP contribution in [0.3, 0.4) is 0 Å². The zero-order chi connectivity index (χ0) is 15.0. The Morgan fingerprint density at radius 1 is 1.45 bits per heavy atom. The molecular formula is C14H22FN3O2. The Balaban J connectivity index is 2.63. The molecule has 0 aliphatic rings. The maximum Gasteiger partial charge on any atom is 0.255 e. The molecule has 1 amide bonds. The van der Waals surface area contributed by atoms with E-state index in [-0.39, 0.29) is 17.6 Å². The quantitative estimate of drug-likeness (QED) is 0.718. The number of nitrogens with one attached hydrogen (secondary N) is 2. The molecule has 1 rings (SSSR count). The maximum atomic E-state index is 13.2. The fourth-order valence-corrected chi connectivity index (χ4v) is 1.55. The monoisotopic (exact) mass is 283 g/mol. The molecule has 0 unspecified atom stereocenters. The molecule has 0 saturated heterocycles. The van der Waals surface area contributed by atoms with Gasteiger partial charge in [-0.25, -0.2) is 9.37 Å². The van der Waals surface area contributed by atoms with Gasteiger partial charge in [-0.15, -0.1) is 0 Å². The average Bonchev–Trinajstić information content (AvgIpc) is 2.41. The number of carbonyl (C=O) groups excluding carboxylic acids is 1. The third kappa shape index (κ3) is 5.52. The lowest BCUT2D eigenvalue weighted by Gasteiger charge is -2.12. The van der Waals surface area contributed by atoms with Gasteiger partial charge in [-0.1, -0.05) is 6.92 Å². The van der Waals surface area contributed by atoms with E-state index in [0.29, 0.717) is 25.5 Å². The van der Waals surface area contributed by atoms with Crippen LogP contribution >= 0.6 is 0 Å². The zero-order valence-corrected chi connectivity index (χ0v) is 12.2. The Hall–Kier alpha value is -1.69. The van der Waals surface area contributed by atoms with Gasteiger partial charge in [0, 0.05) is 13.1 Å². The summed E-state index contributed by atoms with van der Waals surface area (Å²) in [6.45, 7) is 7.32. The molecule has 0 fully saturated rings. The predicted molar refractivity (Wildman–Crippen MR) is 76.4 cm³/mol. The van der Waals surface area contributed by atoms with E-state index in [1.165, 1.54) is 6.07 Å². The topological polar surface area (TPSA) is 63.2 Å². The third-order valence-corrected chi connectivity index (χ3v) is 2.48. The molecular weight excluding hydrogens is 261 g/mol. The molecule has 0 atom stereocenters. The van der Waals surface area contributed by atoms with Crippen LogP contribution in [0.4, 0.5) is 10.2 Å². The molecule has 0 aromatic carbocycles. The van der Waals surface area contributed by atoms with Crippen molar-refractivity contribution in [2.24, 2.45) is 0 Å². The first-order chi connectivity index (χ1) is 9.54. The molecule has 0 spiro atoms. The first-order valence-corrected chi connectivity index (χ1v) is 6.83. The van der Waals surface area contributed by atoms with Crippen LogP contribution in [0, 0.1) is 5.82 Å². The number of hydrogen-bond acceptors (Lipinski definition) is 4. The molecule has 1 heterocycles. The molecule has 0 bridgehead atoms. The van der Waals surface area contributed by atoms with Crippen molar-refractivity contribution in [1.29, 1.82) is 0 Å². The number of hydrogen-bond donors (Lipinski definition) is 2. The van der Waals surface area contributed by atoms with Gasteiger partial charge in [0.25, 0.3) is 5.91 Å². The number of carbonyl (C=O) groups is 1. The van der Waals surface area contributed by atoms with Crippen molar-refractivity contribution in [3.63, 3.8) is 0 Å². The normalized spacial score (nSPS) is 10.7. The van der Waals surface area contributed by atoms with E-state index in [9.17, 15) is 9.18 Å². The second kappa shape index (κ2) is 8.47. The molecule has 0 aliphatic heterocycles. The number of nitrogens with zero attached hydrogens (tertiary/aromatic N) is 1. The SMILES string of the molecule is CCCNc1ncc(F)cc1C(=O)NCCOC(C)C. The molecule has 112 valence electrons. The minimum Gasteiger partial charge on any atom is -0.377 e. The highest BCUT2D eigenvalue weighted by atomic mass is 19.1. The molecule has 1 aromatic rings. The van der Waals surface area contributed by atoms with Gasteiger partial charge >= 0.3 is 0 Å². The fraction of sp³-hybridized carbons (Fsp3) is 0.571. The van der Waals surface area contributed by atoms with Crippen molar-refractivity contribution < 1.29 is 13.9 Å². The number of halogens is 1. The first-order valence-electron chi connectivity index (χ1n) is 6.83. The number of aromatic nitrogens is 1. The van der Waals surface area contributed by atoms with Crippen LogP contribution in [0.25, 0.3) is 0 Å². The van der Waals surface area contributed by atoms with Gasteiger partial charge in [0.2, 0.25) is 0 Å². The Labute approximate surface area is 118 Å². The lowest BCUT2D eigenvalue weighted by atomic mass is 10.2. The number of amides is 1. The van der Waals surface area contributed by atoms with E-state index in [4.69, 9.17) is 4.74 Å². The molecule has 20 heavy (non-hydrogen) atoms. The second-order valence-corrected chi connectivity index (χ2v) is 4.65. The van der Waals surface area contributed by atoms with Crippen LogP contribution in [0.5, 0.6) is 0 Å². The summed E-state index contributed by atoms with van der Waals surface area (Å²) in [7, 11) is 0. The molecule has 5 nitrogen and oxygen atoms in total. The van der Waals surface area contributed by atoms with E-state index in [0.717, 1.165) is 12.6 Å². The number of anilines is 1. The highest BCUT2D eigenvalue weighted by Gasteiger charge is 2.13. The highest BCUT2D eigenvalue weighted by Crippen LogP contribution is 2.13. The zero-order valence-electron chi connectivity index (χ0n) is 12.2. The van der Waals surface area contributed by atoms with Gasteiger partial charge in [-0.05, 0) is 26.3 Å². The van der Waals surface area contributed by atoms with E-state index >= 15 is 0 Å². The summed E-state index contributed by atoms with van der Waals surface area (Å²) >= 11 is 0. The Morgan fingerprint density at radius 3 is 2.85 bits per heavy atom. The van der Waals surface area contributed by atoms with Gasteiger partial charge in [-0.2, -0.15) is 0 Å². The van der Waals surface area contributed by atoms with Crippen molar-refractivity contribution >= 4 is 11.7 Å². The number of pyridine rings is 1. The predicted octanol–water partition coefficient (Wildman–Crippen LogP) is 2.20. The summed E-state index contributed by atoms with van der Waals surface area (Å²) in [5.74, 6) is -0.492. The summed E-state index contributed by atoms with van der Waals surface area (Å²) in [6.07, 6.45) is 2.10. The Bertz CT molecular complexity index is 438. The van der Waals surface area contributed by atoms with Crippen LogP contribution in [-0.4, -0.2) is 36.7 Å². The van der Waals surface area contributed by atoms with E-state index in [1.54, 1.807) is 0 Å². The van der Waals surface area contributed by atoms with Gasteiger partial charge in [-0.3, -0.25) is 4.79 Å². The molecule has 2 N–H and O–H groups in total. The highest BCUT2D eigenvalue weighted by molar-refractivity contribution is 5.98. The van der Waals surface area contributed by atoms with Crippen molar-refractivity contribution in [3.8, 4) is 0 Å². The third-order valence-electron chi connectivity index (χ3n) is 2.48. The van der Waals surface area contributed by atoms with Crippen LogP contribution in [0.2, 0.25) is 0 Å². The van der Waals surface area contributed by atoms with Crippen molar-refractivity contribution in [2.75, 3.05) is 25.0 Å². The van der Waals surface area contributed by atoms with Crippen molar-refractivity contribution in [1.82, 2.24) is 10.3 Å². The van der Waals surface area contributed by atoms with Crippen LogP contribution in [0.15, 0.2) is 12.3 Å². The summed E-state index contributed by atoms with van der Waals surface area (Å²) in [6, 6.07) is 1.18. The van der Waals surface area contributed by atoms with Crippen LogP contribution in [-0.2, 0) is 4.74 Å². The smallest absolute Gasteiger partial charge is 0.255 e. The van der Waals surface area contributed by atoms with Gasteiger partial charge in [0.05, 0.1) is 24.5 Å². The molecule has 0 radical (unpaired) electrons. The molecule has 0 aliphatic carbocycles. The van der Waals surface area contributed by atoms with E-state index in [2.05, 4.69) is 15.6 Å². The summed E-state index contributed by atoms with van der Waals surface area (Å²) in [5.41, 5.74) is 0.211. The summed E-state index contributed by atoms with van der Waals surface area (Å²) in [5, 5.41) is 5.70. The molecule has 0 saturated carbocycles. The summed E-state index contributed by atoms with van der Waals surface area (Å²) < 4.78 is 18.6. The molecule has 6 heteroatoms. The number of rotatable bonds is 8. The number of ether oxygens (including phenoxy) is 1. The maximum absolute atomic E-state index is 13.2. The molecule has 1 aromatic heterocycles. The van der Waals surface area contributed by atoms with Crippen LogP contribution in [0.1, 0.15) is 37.6 Å². The van der Waals surface area contributed by atoms with E-state index < -0.39 is 5.82 Å². The lowest BCUT2D eigenvalue weighted by Crippen LogP contribution is -2.29. The van der Waals surface area contributed by atoms with Gasteiger partial charge in [0.1, 0.15) is 11.6 Å². The second-order valence-electron chi connectivity index (χ2n) is 4.65. The average molecular weight is 283 g/mol. The lowest BCUT2D eigenvalue weighted by molar-refractivity contribution is 0.0746. The van der Waals surface area contributed by atoms with Crippen molar-refractivity contribution in [3.05, 3.63) is 23.6 Å². The minimum atomic E-state index is -0.532. The Morgan fingerprint density at radius 2 is 2.20 bits per heavy atom. The standard InChI is InChI=1S/C14H22FN3O2/c1-4-5-16-13-12(8-11(15)9-18-13)14(19)17-6-7-20-10(2)3/h8-10H,4-7H2,1-3H3,(H,16,18)(H,17,19). The minimum absolute atomic E-state index is 0.115. The van der Waals surface area contributed by atoms with Gasteiger partial charge < -0.3 is 15.4 Å². The van der Waals surface area contributed by atoms with Crippen LogP contribution < -0.4 is 10.6 Å². The fourth-order valence-electron chi connectivity index (χ4n) is 1.55. The largest absolute Gasteiger partial charge is 0.377 e.